The van der Waals surface area contributed by atoms with Crippen molar-refractivity contribution in [2.45, 2.75) is 18.8 Å². The largest absolute Gasteiger partial charge is 0.353 e. The lowest BCUT2D eigenvalue weighted by Gasteiger charge is -2.36. The maximum absolute atomic E-state index is 4.77. The molecule has 1 saturated carbocycles. The van der Waals surface area contributed by atoms with E-state index in [4.69, 9.17) is 4.98 Å². The maximum Gasteiger partial charge on any atom is 0.182 e. The van der Waals surface area contributed by atoms with E-state index in [0.717, 1.165) is 54.8 Å². The Balaban J connectivity index is 1.35. The summed E-state index contributed by atoms with van der Waals surface area (Å²) in [5.41, 5.74) is 1.74. The van der Waals surface area contributed by atoms with Gasteiger partial charge < -0.3 is 14.4 Å². The van der Waals surface area contributed by atoms with E-state index in [1.165, 1.54) is 12.8 Å². The number of hydrogen-bond donors (Lipinski definition) is 0. The molecule has 8 heteroatoms. The Morgan fingerprint density at radius 2 is 1.76 bits per heavy atom. The Kier molecular flexibility index (Phi) is 3.29. The second-order valence-electron chi connectivity index (χ2n) is 6.75. The summed E-state index contributed by atoms with van der Waals surface area (Å²) >= 11 is 0. The van der Waals surface area contributed by atoms with E-state index >= 15 is 0 Å². The Bertz CT molecular complexity index is 908. The first-order valence-electron chi connectivity index (χ1n) is 8.74. The minimum Gasteiger partial charge on any atom is -0.353 e. The van der Waals surface area contributed by atoms with E-state index in [9.17, 15) is 0 Å². The smallest absolute Gasteiger partial charge is 0.182 e. The third-order valence-corrected chi connectivity index (χ3v) is 4.99. The fourth-order valence-corrected chi connectivity index (χ4v) is 3.43. The molecule has 1 aliphatic heterocycles. The molecule has 5 rings (SSSR count). The zero-order chi connectivity index (χ0) is 16.8. The van der Waals surface area contributed by atoms with Crippen molar-refractivity contribution >= 4 is 22.8 Å². The monoisotopic (exact) mass is 336 g/mol. The minimum absolute atomic E-state index is 0.584. The number of anilines is 2. The molecule has 1 aliphatic carbocycles. The Labute approximate surface area is 145 Å². The maximum atomic E-state index is 4.77. The molecule has 0 spiro atoms. The van der Waals surface area contributed by atoms with Crippen LogP contribution in [0.15, 0.2) is 24.9 Å². The van der Waals surface area contributed by atoms with Crippen LogP contribution in [0.3, 0.4) is 0 Å². The van der Waals surface area contributed by atoms with Gasteiger partial charge >= 0.3 is 0 Å². The SMILES string of the molecule is Cn1cnc2ncnc(N3CCN(c4ccnc(C5CC5)n4)CC3)c21. The number of fused-ring (bicyclic) bond motifs is 1. The topological polar surface area (TPSA) is 75.9 Å². The molecule has 0 amide bonds. The standard InChI is InChI=1S/C17H20N8/c1-23-11-21-16-14(23)17(20-10-19-16)25-8-6-24(7-9-25)13-4-5-18-15(22-13)12-2-3-12/h4-5,10-12H,2-3,6-9H2,1H3. The van der Waals surface area contributed by atoms with E-state index in [1.54, 1.807) is 12.7 Å². The first-order valence-corrected chi connectivity index (χ1v) is 8.74. The molecule has 25 heavy (non-hydrogen) atoms. The fourth-order valence-electron chi connectivity index (χ4n) is 3.43. The summed E-state index contributed by atoms with van der Waals surface area (Å²) in [5, 5.41) is 0. The zero-order valence-corrected chi connectivity index (χ0v) is 14.2. The molecule has 3 aromatic rings. The average Bonchev–Trinajstić information content (AvgIpc) is 3.45. The van der Waals surface area contributed by atoms with Gasteiger partial charge in [-0.05, 0) is 18.9 Å². The van der Waals surface area contributed by atoms with Crippen molar-refractivity contribution in [1.29, 1.82) is 0 Å². The van der Waals surface area contributed by atoms with Gasteiger partial charge in [0.05, 0.1) is 6.33 Å². The molecule has 2 fully saturated rings. The van der Waals surface area contributed by atoms with Crippen LogP contribution < -0.4 is 9.80 Å². The van der Waals surface area contributed by atoms with Crippen molar-refractivity contribution in [3.8, 4) is 0 Å². The third-order valence-electron chi connectivity index (χ3n) is 4.99. The number of aromatic nitrogens is 6. The minimum atomic E-state index is 0.584. The predicted octanol–water partition coefficient (Wildman–Crippen LogP) is 1.36. The highest BCUT2D eigenvalue weighted by Gasteiger charge is 2.28. The average molecular weight is 336 g/mol. The third kappa shape index (κ3) is 2.57. The molecule has 0 radical (unpaired) electrons. The molecule has 3 aromatic heterocycles. The fraction of sp³-hybridized carbons (Fsp3) is 0.471. The molecule has 0 atom stereocenters. The molecule has 4 heterocycles. The van der Waals surface area contributed by atoms with Gasteiger partial charge in [0, 0.05) is 45.3 Å². The van der Waals surface area contributed by atoms with E-state index in [-0.39, 0.29) is 0 Å². The highest BCUT2D eigenvalue weighted by atomic mass is 15.3. The van der Waals surface area contributed by atoms with Gasteiger partial charge in [0.1, 0.15) is 23.5 Å². The van der Waals surface area contributed by atoms with Crippen LogP contribution in [0.1, 0.15) is 24.6 Å². The number of piperazine rings is 1. The zero-order valence-electron chi connectivity index (χ0n) is 14.2. The molecular weight excluding hydrogens is 316 g/mol. The second-order valence-corrected chi connectivity index (χ2v) is 6.75. The summed E-state index contributed by atoms with van der Waals surface area (Å²) in [7, 11) is 1.98. The number of imidazole rings is 1. The Hall–Kier alpha value is -2.77. The molecular formula is C17H20N8. The summed E-state index contributed by atoms with van der Waals surface area (Å²) in [5.74, 6) is 3.60. The van der Waals surface area contributed by atoms with E-state index in [1.807, 2.05) is 23.9 Å². The summed E-state index contributed by atoms with van der Waals surface area (Å²) < 4.78 is 1.99. The van der Waals surface area contributed by atoms with Gasteiger partial charge in [-0.2, -0.15) is 0 Å². The van der Waals surface area contributed by atoms with Crippen LogP contribution in [0.2, 0.25) is 0 Å². The van der Waals surface area contributed by atoms with Crippen LogP contribution in [0, 0.1) is 0 Å². The molecule has 128 valence electrons. The molecule has 0 aromatic carbocycles. The molecule has 8 nitrogen and oxygen atoms in total. The lowest BCUT2D eigenvalue weighted by Crippen LogP contribution is -2.47. The Morgan fingerprint density at radius 1 is 0.960 bits per heavy atom. The van der Waals surface area contributed by atoms with Gasteiger partial charge in [-0.25, -0.2) is 24.9 Å². The molecule has 2 aliphatic rings. The normalized spacial score (nSPS) is 18.1. The molecule has 0 bridgehead atoms. The van der Waals surface area contributed by atoms with Crippen LogP contribution in [0.4, 0.5) is 11.6 Å². The molecule has 0 N–H and O–H groups in total. The van der Waals surface area contributed by atoms with Crippen LogP contribution >= 0.6 is 0 Å². The second kappa shape index (κ2) is 5.65. The lowest BCUT2D eigenvalue weighted by molar-refractivity contribution is 0.639. The van der Waals surface area contributed by atoms with Crippen molar-refractivity contribution in [3.63, 3.8) is 0 Å². The Morgan fingerprint density at radius 3 is 2.56 bits per heavy atom. The number of aryl methyl sites for hydroxylation is 1. The lowest BCUT2D eigenvalue weighted by atomic mass is 10.3. The highest BCUT2D eigenvalue weighted by Crippen LogP contribution is 2.38. The van der Waals surface area contributed by atoms with Gasteiger partial charge in [-0.15, -0.1) is 0 Å². The van der Waals surface area contributed by atoms with Crippen LogP contribution in [0.5, 0.6) is 0 Å². The summed E-state index contributed by atoms with van der Waals surface area (Å²) in [6.07, 6.45) is 7.74. The summed E-state index contributed by atoms with van der Waals surface area (Å²) in [6, 6.07) is 2.02. The van der Waals surface area contributed by atoms with Crippen LogP contribution in [-0.2, 0) is 7.05 Å². The van der Waals surface area contributed by atoms with E-state index < -0.39 is 0 Å². The van der Waals surface area contributed by atoms with Gasteiger partial charge in [-0.1, -0.05) is 0 Å². The van der Waals surface area contributed by atoms with Crippen molar-refractivity contribution in [1.82, 2.24) is 29.5 Å². The first kappa shape index (κ1) is 14.6. The number of hydrogen-bond acceptors (Lipinski definition) is 7. The number of rotatable bonds is 3. The van der Waals surface area contributed by atoms with Gasteiger partial charge in [0.25, 0.3) is 0 Å². The number of nitrogens with zero attached hydrogens (tertiary/aromatic N) is 8. The van der Waals surface area contributed by atoms with Gasteiger partial charge in [0.2, 0.25) is 0 Å². The van der Waals surface area contributed by atoms with Crippen LogP contribution in [-0.4, -0.2) is 55.7 Å². The molecule has 0 unspecified atom stereocenters. The van der Waals surface area contributed by atoms with Crippen molar-refractivity contribution in [3.05, 3.63) is 30.7 Å². The quantitative estimate of drug-likeness (QED) is 0.715. The summed E-state index contributed by atoms with van der Waals surface area (Å²) in [4.78, 5) is 26.9. The highest BCUT2D eigenvalue weighted by molar-refractivity contribution is 5.83. The van der Waals surface area contributed by atoms with E-state index in [0.29, 0.717) is 5.92 Å². The van der Waals surface area contributed by atoms with Crippen molar-refractivity contribution in [2.75, 3.05) is 36.0 Å². The molecule has 1 saturated heterocycles. The van der Waals surface area contributed by atoms with E-state index in [2.05, 4.69) is 29.7 Å². The predicted molar refractivity (Wildman–Crippen MR) is 94.7 cm³/mol. The first-order chi connectivity index (χ1) is 12.3. The van der Waals surface area contributed by atoms with Gasteiger partial charge in [0.15, 0.2) is 11.5 Å². The van der Waals surface area contributed by atoms with Crippen molar-refractivity contribution < 1.29 is 0 Å². The van der Waals surface area contributed by atoms with Gasteiger partial charge in [-0.3, -0.25) is 0 Å². The van der Waals surface area contributed by atoms with Crippen molar-refractivity contribution in [2.24, 2.45) is 7.05 Å². The van der Waals surface area contributed by atoms with Crippen LogP contribution in [0.25, 0.3) is 11.2 Å². The summed E-state index contributed by atoms with van der Waals surface area (Å²) in [6.45, 7) is 3.65.